The molecule has 0 aromatic rings. The van der Waals surface area contributed by atoms with E-state index in [0.29, 0.717) is 11.8 Å². The SMILES string of the molecule is O=C(CCCCCCCCCCCCC(=O)N1CCCC1)N1CCCC1. The van der Waals surface area contributed by atoms with Gasteiger partial charge < -0.3 is 9.80 Å². The summed E-state index contributed by atoms with van der Waals surface area (Å²) in [6.07, 6.45) is 18.7. The fourth-order valence-electron chi connectivity index (χ4n) is 4.22. The number of nitrogens with zero attached hydrogens (tertiary/aromatic N) is 2. The molecule has 0 N–H and O–H groups in total. The van der Waals surface area contributed by atoms with Crippen LogP contribution in [0.25, 0.3) is 0 Å². The first-order valence-electron chi connectivity index (χ1n) is 11.3. The van der Waals surface area contributed by atoms with E-state index < -0.39 is 0 Å². The van der Waals surface area contributed by atoms with Crippen LogP contribution >= 0.6 is 0 Å². The molecule has 2 rings (SSSR count). The molecule has 0 spiro atoms. The van der Waals surface area contributed by atoms with E-state index in [1.165, 1.54) is 77.0 Å². The van der Waals surface area contributed by atoms with Crippen LogP contribution in [0, 0.1) is 0 Å². The third-order valence-electron chi connectivity index (χ3n) is 5.95. The first kappa shape index (κ1) is 21.2. The molecule has 2 aliphatic rings. The lowest BCUT2D eigenvalue weighted by Gasteiger charge is -2.14. The fourth-order valence-corrected chi connectivity index (χ4v) is 4.22. The molecule has 0 radical (unpaired) electrons. The Morgan fingerprint density at radius 3 is 1.04 bits per heavy atom. The number of carbonyl (C=O) groups is 2. The minimum atomic E-state index is 0.380. The predicted octanol–water partition coefficient (Wildman–Crippen LogP) is 4.91. The predicted molar refractivity (Wildman–Crippen MR) is 107 cm³/mol. The number of amides is 2. The average molecular weight is 365 g/mol. The van der Waals surface area contributed by atoms with Gasteiger partial charge in [0.15, 0.2) is 0 Å². The second-order valence-corrected chi connectivity index (χ2v) is 8.21. The Hall–Kier alpha value is -1.06. The Kier molecular flexibility index (Phi) is 10.8. The van der Waals surface area contributed by atoms with E-state index in [-0.39, 0.29) is 0 Å². The minimum Gasteiger partial charge on any atom is -0.343 e. The zero-order chi connectivity index (χ0) is 18.5. The monoisotopic (exact) mass is 364 g/mol. The van der Waals surface area contributed by atoms with Gasteiger partial charge in [0, 0.05) is 39.0 Å². The molecule has 0 atom stereocenters. The van der Waals surface area contributed by atoms with Crippen molar-refractivity contribution in [2.24, 2.45) is 0 Å². The van der Waals surface area contributed by atoms with Gasteiger partial charge >= 0.3 is 0 Å². The van der Waals surface area contributed by atoms with Crippen molar-refractivity contribution in [1.29, 1.82) is 0 Å². The van der Waals surface area contributed by atoms with Crippen LogP contribution in [0.2, 0.25) is 0 Å². The molecule has 4 heteroatoms. The number of unbranched alkanes of at least 4 members (excludes halogenated alkanes) is 9. The Morgan fingerprint density at radius 2 is 0.731 bits per heavy atom. The van der Waals surface area contributed by atoms with Gasteiger partial charge in [-0.2, -0.15) is 0 Å². The van der Waals surface area contributed by atoms with Crippen LogP contribution in [0.3, 0.4) is 0 Å². The lowest BCUT2D eigenvalue weighted by Crippen LogP contribution is -2.27. The standard InChI is InChI=1S/C22H40N2O2/c25-21(23-17-11-12-18-23)15-9-7-5-3-1-2-4-6-8-10-16-22(26)24-19-13-14-20-24/h1-20H2. The minimum absolute atomic E-state index is 0.380. The maximum atomic E-state index is 11.9. The molecule has 0 aromatic heterocycles. The number of carbonyl (C=O) groups excluding carboxylic acids is 2. The van der Waals surface area contributed by atoms with E-state index in [1.807, 2.05) is 9.80 Å². The summed E-state index contributed by atoms with van der Waals surface area (Å²) in [5.41, 5.74) is 0. The second kappa shape index (κ2) is 13.2. The maximum Gasteiger partial charge on any atom is 0.222 e. The molecule has 2 saturated heterocycles. The van der Waals surface area contributed by atoms with Crippen molar-refractivity contribution in [3.8, 4) is 0 Å². The highest BCUT2D eigenvalue weighted by molar-refractivity contribution is 5.76. The van der Waals surface area contributed by atoms with E-state index in [1.54, 1.807) is 0 Å². The number of hydrogen-bond donors (Lipinski definition) is 0. The van der Waals surface area contributed by atoms with Crippen molar-refractivity contribution in [2.45, 2.75) is 103 Å². The van der Waals surface area contributed by atoms with Gasteiger partial charge in [-0.25, -0.2) is 0 Å². The van der Waals surface area contributed by atoms with Gasteiger partial charge in [0.25, 0.3) is 0 Å². The molecule has 0 aromatic carbocycles. The zero-order valence-electron chi connectivity index (χ0n) is 16.9. The number of likely N-dealkylation sites (tertiary alicyclic amines) is 2. The van der Waals surface area contributed by atoms with Crippen LogP contribution in [0.15, 0.2) is 0 Å². The van der Waals surface area contributed by atoms with Gasteiger partial charge in [-0.1, -0.05) is 51.4 Å². The van der Waals surface area contributed by atoms with Crippen molar-refractivity contribution in [1.82, 2.24) is 9.80 Å². The highest BCUT2D eigenvalue weighted by Crippen LogP contribution is 2.15. The summed E-state index contributed by atoms with van der Waals surface area (Å²) in [5.74, 6) is 0.761. The maximum absolute atomic E-state index is 11.9. The first-order valence-corrected chi connectivity index (χ1v) is 11.3. The second-order valence-electron chi connectivity index (χ2n) is 8.21. The molecule has 150 valence electrons. The van der Waals surface area contributed by atoms with Gasteiger partial charge in [-0.3, -0.25) is 9.59 Å². The third kappa shape index (κ3) is 8.55. The average Bonchev–Trinajstić information content (AvgIpc) is 3.35. The van der Waals surface area contributed by atoms with Crippen molar-refractivity contribution < 1.29 is 9.59 Å². The molecule has 2 aliphatic heterocycles. The van der Waals surface area contributed by atoms with Gasteiger partial charge in [-0.15, -0.1) is 0 Å². The summed E-state index contributed by atoms with van der Waals surface area (Å²) in [6.45, 7) is 3.97. The van der Waals surface area contributed by atoms with Crippen LogP contribution in [0.1, 0.15) is 103 Å². The lowest BCUT2D eigenvalue weighted by molar-refractivity contribution is -0.131. The first-order chi connectivity index (χ1) is 12.8. The van der Waals surface area contributed by atoms with Crippen LogP contribution in [-0.2, 0) is 9.59 Å². The quantitative estimate of drug-likeness (QED) is 0.436. The smallest absolute Gasteiger partial charge is 0.222 e. The zero-order valence-corrected chi connectivity index (χ0v) is 16.9. The lowest BCUT2D eigenvalue weighted by atomic mass is 10.0. The van der Waals surface area contributed by atoms with E-state index in [2.05, 4.69) is 0 Å². The Bertz CT molecular complexity index is 361. The van der Waals surface area contributed by atoms with Crippen molar-refractivity contribution in [3.05, 3.63) is 0 Å². The normalized spacial score (nSPS) is 17.2. The molecular formula is C22H40N2O2. The molecule has 26 heavy (non-hydrogen) atoms. The molecule has 2 amide bonds. The van der Waals surface area contributed by atoms with Crippen molar-refractivity contribution in [2.75, 3.05) is 26.2 Å². The molecule has 0 bridgehead atoms. The van der Waals surface area contributed by atoms with Crippen LogP contribution in [0.5, 0.6) is 0 Å². The molecular weight excluding hydrogens is 324 g/mol. The van der Waals surface area contributed by atoms with E-state index in [0.717, 1.165) is 51.9 Å². The Labute approximate surface area is 160 Å². The van der Waals surface area contributed by atoms with E-state index in [9.17, 15) is 9.59 Å². The highest BCUT2D eigenvalue weighted by Gasteiger charge is 2.17. The van der Waals surface area contributed by atoms with Gasteiger partial charge in [0.2, 0.25) is 11.8 Å². The van der Waals surface area contributed by atoms with Gasteiger partial charge in [0.05, 0.1) is 0 Å². The molecule has 0 unspecified atom stereocenters. The van der Waals surface area contributed by atoms with Gasteiger partial charge in [-0.05, 0) is 38.5 Å². The highest BCUT2D eigenvalue weighted by atomic mass is 16.2. The molecule has 4 nitrogen and oxygen atoms in total. The third-order valence-corrected chi connectivity index (χ3v) is 5.95. The molecule has 0 aliphatic carbocycles. The summed E-state index contributed by atoms with van der Waals surface area (Å²) in [7, 11) is 0. The summed E-state index contributed by atoms with van der Waals surface area (Å²) in [4.78, 5) is 27.9. The fraction of sp³-hybridized carbons (Fsp3) is 0.909. The molecule has 2 fully saturated rings. The topological polar surface area (TPSA) is 40.6 Å². The Balaban J connectivity index is 1.29. The summed E-state index contributed by atoms with van der Waals surface area (Å²) < 4.78 is 0. The van der Waals surface area contributed by atoms with Gasteiger partial charge in [0.1, 0.15) is 0 Å². The summed E-state index contributed by atoms with van der Waals surface area (Å²) >= 11 is 0. The van der Waals surface area contributed by atoms with Crippen molar-refractivity contribution >= 4 is 11.8 Å². The van der Waals surface area contributed by atoms with Crippen LogP contribution in [0.4, 0.5) is 0 Å². The van der Waals surface area contributed by atoms with E-state index in [4.69, 9.17) is 0 Å². The van der Waals surface area contributed by atoms with Crippen LogP contribution < -0.4 is 0 Å². The summed E-state index contributed by atoms with van der Waals surface area (Å²) in [5, 5.41) is 0. The largest absolute Gasteiger partial charge is 0.343 e. The van der Waals surface area contributed by atoms with Crippen molar-refractivity contribution in [3.63, 3.8) is 0 Å². The van der Waals surface area contributed by atoms with E-state index >= 15 is 0 Å². The van der Waals surface area contributed by atoms with Crippen LogP contribution in [-0.4, -0.2) is 47.8 Å². The molecule has 0 saturated carbocycles. The Morgan fingerprint density at radius 1 is 0.462 bits per heavy atom. The molecule has 2 heterocycles. The number of hydrogen-bond acceptors (Lipinski definition) is 2. The number of rotatable bonds is 13. The summed E-state index contributed by atoms with van der Waals surface area (Å²) in [6, 6.07) is 0.